The molecule has 1 aliphatic rings. The standard InChI is InChI=1S/C17H13NO4/c1-18-9-12(15-13(19)7-8-14(20)16(15)18)17(21)22-10-11-5-3-2-4-6-11/h2-9H,10H2,1H3. The van der Waals surface area contributed by atoms with Crippen LogP contribution in [-0.2, 0) is 18.4 Å². The Morgan fingerprint density at radius 2 is 1.77 bits per heavy atom. The molecule has 2 aromatic rings. The van der Waals surface area contributed by atoms with Crippen molar-refractivity contribution in [1.29, 1.82) is 0 Å². The number of carbonyl (C=O) groups is 3. The van der Waals surface area contributed by atoms with Crippen molar-refractivity contribution < 1.29 is 19.1 Å². The quantitative estimate of drug-likeness (QED) is 0.815. The summed E-state index contributed by atoms with van der Waals surface area (Å²) in [4.78, 5) is 36.1. The molecular weight excluding hydrogens is 282 g/mol. The molecule has 0 spiro atoms. The van der Waals surface area contributed by atoms with Crippen LogP contribution in [0.3, 0.4) is 0 Å². The third-order valence-electron chi connectivity index (χ3n) is 3.48. The molecule has 3 rings (SSSR count). The van der Waals surface area contributed by atoms with E-state index in [-0.39, 0.29) is 35.0 Å². The first-order valence-electron chi connectivity index (χ1n) is 6.75. The summed E-state index contributed by atoms with van der Waals surface area (Å²) in [6.07, 6.45) is 3.85. The van der Waals surface area contributed by atoms with Gasteiger partial charge in [0.1, 0.15) is 12.3 Å². The molecule has 0 atom stereocenters. The second-order valence-corrected chi connectivity index (χ2v) is 5.00. The smallest absolute Gasteiger partial charge is 0.340 e. The number of esters is 1. The SMILES string of the molecule is Cn1cc(C(=O)OCc2ccccc2)c2c1C(=O)C=CC2=O. The summed E-state index contributed by atoms with van der Waals surface area (Å²) in [5.41, 5.74) is 1.31. The third-order valence-corrected chi connectivity index (χ3v) is 3.48. The fraction of sp³-hybridized carbons (Fsp3) is 0.118. The largest absolute Gasteiger partial charge is 0.457 e. The van der Waals surface area contributed by atoms with E-state index in [0.29, 0.717) is 0 Å². The Bertz CT molecular complexity index is 800. The van der Waals surface area contributed by atoms with Gasteiger partial charge >= 0.3 is 5.97 Å². The maximum Gasteiger partial charge on any atom is 0.340 e. The molecule has 5 heteroatoms. The Kier molecular flexibility index (Phi) is 3.47. The molecule has 0 saturated carbocycles. The molecule has 1 aromatic carbocycles. The molecule has 0 bridgehead atoms. The zero-order valence-corrected chi connectivity index (χ0v) is 11.9. The molecule has 0 fully saturated rings. The van der Waals surface area contributed by atoms with Gasteiger partial charge in [-0.15, -0.1) is 0 Å². The molecule has 110 valence electrons. The van der Waals surface area contributed by atoms with Gasteiger partial charge in [-0.3, -0.25) is 9.59 Å². The monoisotopic (exact) mass is 295 g/mol. The summed E-state index contributed by atoms with van der Waals surface area (Å²) in [7, 11) is 1.62. The molecule has 0 aliphatic heterocycles. The number of benzene rings is 1. The van der Waals surface area contributed by atoms with Gasteiger partial charge in [-0.05, 0) is 17.7 Å². The number of hydrogen-bond donors (Lipinski definition) is 0. The van der Waals surface area contributed by atoms with Gasteiger partial charge < -0.3 is 9.30 Å². The second kappa shape index (κ2) is 5.44. The van der Waals surface area contributed by atoms with Crippen molar-refractivity contribution >= 4 is 17.5 Å². The Balaban J connectivity index is 1.87. The first kappa shape index (κ1) is 14.0. The molecule has 0 amide bonds. The van der Waals surface area contributed by atoms with E-state index < -0.39 is 5.97 Å². The minimum atomic E-state index is -0.614. The Morgan fingerprint density at radius 1 is 1.09 bits per heavy atom. The molecule has 1 aliphatic carbocycles. The lowest BCUT2D eigenvalue weighted by Crippen LogP contribution is -2.16. The average molecular weight is 295 g/mol. The van der Waals surface area contributed by atoms with Crippen molar-refractivity contribution in [1.82, 2.24) is 4.57 Å². The maximum absolute atomic E-state index is 12.2. The van der Waals surface area contributed by atoms with Crippen molar-refractivity contribution in [3.63, 3.8) is 0 Å². The van der Waals surface area contributed by atoms with Crippen LogP contribution in [0.2, 0.25) is 0 Å². The van der Waals surface area contributed by atoms with Crippen LogP contribution < -0.4 is 0 Å². The summed E-state index contributed by atoms with van der Waals surface area (Å²) < 4.78 is 6.72. The number of rotatable bonds is 3. The number of aromatic nitrogens is 1. The molecule has 22 heavy (non-hydrogen) atoms. The number of carbonyl (C=O) groups excluding carboxylic acids is 3. The van der Waals surface area contributed by atoms with Gasteiger partial charge in [0.2, 0.25) is 5.78 Å². The first-order valence-corrected chi connectivity index (χ1v) is 6.75. The Hall–Kier alpha value is -2.95. The number of allylic oxidation sites excluding steroid dienone is 2. The van der Waals surface area contributed by atoms with Gasteiger partial charge in [-0.2, -0.15) is 0 Å². The fourth-order valence-corrected chi connectivity index (χ4v) is 2.44. The molecule has 0 saturated heterocycles. The first-order chi connectivity index (χ1) is 10.6. The van der Waals surface area contributed by atoms with Crippen LogP contribution >= 0.6 is 0 Å². The highest BCUT2D eigenvalue weighted by atomic mass is 16.5. The molecule has 0 N–H and O–H groups in total. The predicted octanol–water partition coefficient (Wildman–Crippen LogP) is 2.32. The van der Waals surface area contributed by atoms with Gasteiger partial charge in [0.05, 0.1) is 11.1 Å². The topological polar surface area (TPSA) is 65.4 Å². The number of ether oxygens (including phenoxy) is 1. The highest BCUT2D eigenvalue weighted by Crippen LogP contribution is 2.23. The van der Waals surface area contributed by atoms with E-state index in [9.17, 15) is 14.4 Å². The summed E-state index contributed by atoms with van der Waals surface area (Å²) >= 11 is 0. The number of nitrogens with zero attached hydrogens (tertiary/aromatic N) is 1. The molecule has 5 nitrogen and oxygen atoms in total. The van der Waals surface area contributed by atoms with E-state index in [4.69, 9.17) is 4.74 Å². The van der Waals surface area contributed by atoms with Crippen molar-refractivity contribution in [3.05, 3.63) is 71.1 Å². The second-order valence-electron chi connectivity index (χ2n) is 5.00. The highest BCUT2D eigenvalue weighted by Gasteiger charge is 2.30. The van der Waals surface area contributed by atoms with Gasteiger partial charge in [0.15, 0.2) is 5.78 Å². The Morgan fingerprint density at radius 3 is 2.50 bits per heavy atom. The van der Waals surface area contributed by atoms with Gasteiger partial charge in [0.25, 0.3) is 0 Å². The van der Waals surface area contributed by atoms with Crippen LogP contribution in [0, 0.1) is 0 Å². The summed E-state index contributed by atoms with van der Waals surface area (Å²) in [6, 6.07) is 9.24. The Labute approximate surface area is 126 Å². The van der Waals surface area contributed by atoms with E-state index in [1.54, 1.807) is 7.05 Å². The molecule has 0 radical (unpaired) electrons. The van der Waals surface area contributed by atoms with E-state index in [1.807, 2.05) is 30.3 Å². The third kappa shape index (κ3) is 2.37. The normalized spacial score (nSPS) is 13.1. The number of hydrogen-bond acceptors (Lipinski definition) is 4. The van der Waals surface area contributed by atoms with Crippen molar-refractivity contribution in [3.8, 4) is 0 Å². The van der Waals surface area contributed by atoms with Gasteiger partial charge in [-0.25, -0.2) is 4.79 Å². The maximum atomic E-state index is 12.2. The number of fused-ring (bicyclic) bond motifs is 1. The van der Waals surface area contributed by atoms with Crippen LogP contribution in [-0.4, -0.2) is 22.1 Å². The van der Waals surface area contributed by atoms with E-state index in [2.05, 4.69) is 0 Å². The number of ketones is 2. The number of aryl methyl sites for hydroxylation is 1. The van der Waals surface area contributed by atoms with E-state index in [1.165, 1.54) is 22.9 Å². The van der Waals surface area contributed by atoms with Gasteiger partial charge in [0, 0.05) is 13.2 Å². The van der Waals surface area contributed by atoms with Crippen LogP contribution in [0.1, 0.15) is 36.8 Å². The van der Waals surface area contributed by atoms with Crippen molar-refractivity contribution in [2.24, 2.45) is 7.05 Å². The lowest BCUT2D eigenvalue weighted by atomic mass is 9.98. The highest BCUT2D eigenvalue weighted by molar-refractivity contribution is 6.24. The van der Waals surface area contributed by atoms with Crippen molar-refractivity contribution in [2.45, 2.75) is 6.61 Å². The van der Waals surface area contributed by atoms with Gasteiger partial charge in [-0.1, -0.05) is 30.3 Å². The fourth-order valence-electron chi connectivity index (χ4n) is 2.44. The van der Waals surface area contributed by atoms with E-state index >= 15 is 0 Å². The minimum absolute atomic E-state index is 0.112. The lowest BCUT2D eigenvalue weighted by Gasteiger charge is -2.08. The van der Waals surface area contributed by atoms with Crippen LogP contribution in [0.4, 0.5) is 0 Å². The molecule has 0 unspecified atom stereocenters. The summed E-state index contributed by atoms with van der Waals surface area (Å²) in [5.74, 6) is -1.27. The molecule has 1 aromatic heterocycles. The minimum Gasteiger partial charge on any atom is -0.457 e. The lowest BCUT2D eigenvalue weighted by molar-refractivity contribution is 0.0470. The van der Waals surface area contributed by atoms with Crippen LogP contribution in [0.15, 0.2) is 48.7 Å². The molecule has 1 heterocycles. The summed E-state index contributed by atoms with van der Waals surface area (Å²) in [5, 5.41) is 0. The predicted molar refractivity (Wildman–Crippen MR) is 78.8 cm³/mol. The van der Waals surface area contributed by atoms with Crippen molar-refractivity contribution in [2.75, 3.05) is 0 Å². The molecular formula is C17H13NO4. The summed E-state index contributed by atoms with van der Waals surface area (Å²) in [6.45, 7) is 0.112. The van der Waals surface area contributed by atoms with Crippen LogP contribution in [0.25, 0.3) is 0 Å². The average Bonchev–Trinajstić information content (AvgIpc) is 2.88. The van der Waals surface area contributed by atoms with Crippen LogP contribution in [0.5, 0.6) is 0 Å². The zero-order valence-electron chi connectivity index (χ0n) is 11.9. The zero-order chi connectivity index (χ0) is 15.7. The van der Waals surface area contributed by atoms with E-state index in [0.717, 1.165) is 5.56 Å².